The van der Waals surface area contributed by atoms with E-state index in [2.05, 4.69) is 12.1 Å². The van der Waals surface area contributed by atoms with E-state index in [1.165, 1.54) is 12.7 Å². The van der Waals surface area contributed by atoms with Gasteiger partial charge in [0.25, 0.3) is 0 Å². The number of para-hydroxylation sites is 1. The number of carbonyl (C=O) groups is 1. The summed E-state index contributed by atoms with van der Waals surface area (Å²) in [6.07, 6.45) is 3.25. The van der Waals surface area contributed by atoms with Gasteiger partial charge in [-0.3, -0.25) is 0 Å². The molecule has 0 saturated heterocycles. The van der Waals surface area contributed by atoms with Gasteiger partial charge in [-0.25, -0.2) is 4.79 Å². The number of methoxy groups -OCH3 is 2. The molecular formula is C19H20O3. The zero-order chi connectivity index (χ0) is 15.8. The fraction of sp³-hybridized carbons (Fsp3) is 0.211. The first-order valence-corrected chi connectivity index (χ1v) is 7.20. The lowest BCUT2D eigenvalue weighted by Gasteiger charge is -2.08. The van der Waals surface area contributed by atoms with E-state index < -0.39 is 0 Å². The molecule has 0 radical (unpaired) electrons. The Kier molecular flexibility index (Phi) is 5.78. The highest BCUT2D eigenvalue weighted by atomic mass is 16.5. The Morgan fingerprint density at radius 2 is 1.68 bits per heavy atom. The van der Waals surface area contributed by atoms with E-state index >= 15 is 0 Å². The number of esters is 1. The summed E-state index contributed by atoms with van der Waals surface area (Å²) in [5.74, 6) is 0.436. The summed E-state index contributed by atoms with van der Waals surface area (Å²) in [6.45, 7) is 0. The Morgan fingerprint density at radius 1 is 1.00 bits per heavy atom. The van der Waals surface area contributed by atoms with Crippen LogP contribution in [-0.4, -0.2) is 20.2 Å². The van der Waals surface area contributed by atoms with Crippen molar-refractivity contribution in [3.8, 4) is 5.75 Å². The van der Waals surface area contributed by atoms with Gasteiger partial charge in [-0.2, -0.15) is 0 Å². The van der Waals surface area contributed by atoms with Gasteiger partial charge < -0.3 is 9.47 Å². The molecule has 114 valence electrons. The van der Waals surface area contributed by atoms with Crippen molar-refractivity contribution >= 4 is 12.0 Å². The van der Waals surface area contributed by atoms with Crippen LogP contribution in [0.15, 0.2) is 60.2 Å². The molecular weight excluding hydrogens is 276 g/mol. The van der Waals surface area contributed by atoms with E-state index in [0.29, 0.717) is 12.0 Å². The van der Waals surface area contributed by atoms with Gasteiger partial charge in [-0.05, 0) is 30.5 Å². The number of carbonyl (C=O) groups excluding carboxylic acids is 1. The number of aryl methyl sites for hydroxylation is 1. The highest BCUT2D eigenvalue weighted by molar-refractivity contribution is 5.94. The molecule has 3 nitrogen and oxygen atoms in total. The third-order valence-corrected chi connectivity index (χ3v) is 3.44. The van der Waals surface area contributed by atoms with Crippen LogP contribution in [0.1, 0.15) is 17.5 Å². The number of rotatable bonds is 6. The van der Waals surface area contributed by atoms with Crippen LogP contribution in [0.2, 0.25) is 0 Å². The molecule has 0 aliphatic carbocycles. The predicted molar refractivity (Wildman–Crippen MR) is 87.8 cm³/mol. The second-order valence-electron chi connectivity index (χ2n) is 4.89. The van der Waals surface area contributed by atoms with Crippen LogP contribution in [0, 0.1) is 0 Å². The zero-order valence-electron chi connectivity index (χ0n) is 12.9. The maximum atomic E-state index is 12.0. The minimum atomic E-state index is -0.304. The Bertz CT molecular complexity index is 645. The van der Waals surface area contributed by atoms with Gasteiger partial charge in [-0.15, -0.1) is 0 Å². The van der Waals surface area contributed by atoms with Crippen molar-refractivity contribution in [1.29, 1.82) is 0 Å². The maximum Gasteiger partial charge on any atom is 0.333 e. The van der Waals surface area contributed by atoms with Crippen LogP contribution < -0.4 is 4.74 Å². The zero-order valence-corrected chi connectivity index (χ0v) is 12.9. The highest BCUT2D eigenvalue weighted by Gasteiger charge is 2.11. The Hall–Kier alpha value is -2.55. The monoisotopic (exact) mass is 296 g/mol. The minimum Gasteiger partial charge on any atom is -0.496 e. The van der Waals surface area contributed by atoms with Crippen molar-refractivity contribution in [2.45, 2.75) is 12.8 Å². The van der Waals surface area contributed by atoms with Crippen LogP contribution in [-0.2, 0) is 16.0 Å². The molecule has 0 aliphatic heterocycles. The molecule has 2 rings (SSSR count). The van der Waals surface area contributed by atoms with Crippen molar-refractivity contribution in [2.24, 2.45) is 0 Å². The summed E-state index contributed by atoms with van der Waals surface area (Å²) in [4.78, 5) is 12.0. The Labute approximate surface area is 131 Å². The summed E-state index contributed by atoms with van der Waals surface area (Å²) in [6, 6.07) is 17.7. The van der Waals surface area contributed by atoms with Crippen LogP contribution >= 0.6 is 0 Å². The van der Waals surface area contributed by atoms with E-state index in [0.717, 1.165) is 17.7 Å². The predicted octanol–water partition coefficient (Wildman–Crippen LogP) is 3.88. The van der Waals surface area contributed by atoms with Gasteiger partial charge in [0.15, 0.2) is 0 Å². The first kappa shape index (κ1) is 15.8. The number of benzene rings is 2. The lowest BCUT2D eigenvalue weighted by atomic mass is 10.0. The molecule has 0 atom stereocenters. The van der Waals surface area contributed by atoms with Gasteiger partial charge in [0.1, 0.15) is 5.75 Å². The molecule has 0 amide bonds. The summed E-state index contributed by atoms with van der Waals surface area (Å²) in [7, 11) is 3.02. The van der Waals surface area contributed by atoms with E-state index in [9.17, 15) is 4.79 Å². The van der Waals surface area contributed by atoms with Crippen molar-refractivity contribution in [3.05, 3.63) is 71.3 Å². The topological polar surface area (TPSA) is 35.5 Å². The molecule has 0 saturated carbocycles. The van der Waals surface area contributed by atoms with Crippen molar-refractivity contribution in [3.63, 3.8) is 0 Å². The number of hydrogen-bond acceptors (Lipinski definition) is 3. The standard InChI is InChI=1S/C19H20O3/c1-21-18-11-7-6-10-16(18)14-17(19(20)22-2)13-12-15-8-4-3-5-9-15/h3-11,14H,12-13H2,1-2H3/b17-14+. The summed E-state index contributed by atoms with van der Waals surface area (Å²) >= 11 is 0. The number of hydrogen-bond donors (Lipinski definition) is 0. The molecule has 2 aromatic rings. The molecule has 0 N–H and O–H groups in total. The van der Waals surface area contributed by atoms with Gasteiger partial charge in [0, 0.05) is 11.1 Å². The molecule has 0 heterocycles. The van der Waals surface area contributed by atoms with Crippen LogP contribution in [0.3, 0.4) is 0 Å². The van der Waals surface area contributed by atoms with E-state index in [1.807, 2.05) is 48.5 Å². The fourth-order valence-corrected chi connectivity index (χ4v) is 2.26. The van der Waals surface area contributed by atoms with E-state index in [4.69, 9.17) is 9.47 Å². The molecule has 22 heavy (non-hydrogen) atoms. The molecule has 0 bridgehead atoms. The first-order chi connectivity index (χ1) is 10.7. The average Bonchev–Trinajstić information content (AvgIpc) is 2.59. The normalized spacial score (nSPS) is 11.1. The second-order valence-corrected chi connectivity index (χ2v) is 4.89. The second kappa shape index (κ2) is 8.03. The number of ether oxygens (including phenoxy) is 2. The van der Waals surface area contributed by atoms with Crippen LogP contribution in [0.25, 0.3) is 6.08 Å². The van der Waals surface area contributed by atoms with Gasteiger partial charge in [0.05, 0.1) is 14.2 Å². The van der Waals surface area contributed by atoms with Crippen molar-refractivity contribution in [1.82, 2.24) is 0 Å². The molecule has 0 aromatic heterocycles. The molecule has 0 spiro atoms. The SMILES string of the molecule is COC(=O)/C(=C/c1ccccc1OC)CCc1ccccc1. The third kappa shape index (κ3) is 4.22. The smallest absolute Gasteiger partial charge is 0.333 e. The van der Waals surface area contributed by atoms with E-state index in [1.54, 1.807) is 7.11 Å². The summed E-state index contributed by atoms with van der Waals surface area (Å²) < 4.78 is 10.2. The lowest BCUT2D eigenvalue weighted by Crippen LogP contribution is -2.06. The molecule has 0 aliphatic rings. The van der Waals surface area contributed by atoms with Gasteiger partial charge in [0.2, 0.25) is 0 Å². The Morgan fingerprint density at radius 3 is 2.36 bits per heavy atom. The summed E-state index contributed by atoms with van der Waals surface area (Å²) in [5, 5.41) is 0. The van der Waals surface area contributed by atoms with Crippen LogP contribution in [0.5, 0.6) is 5.75 Å². The van der Waals surface area contributed by atoms with Crippen molar-refractivity contribution < 1.29 is 14.3 Å². The van der Waals surface area contributed by atoms with Gasteiger partial charge in [-0.1, -0.05) is 48.5 Å². The first-order valence-electron chi connectivity index (χ1n) is 7.20. The molecule has 3 heteroatoms. The highest BCUT2D eigenvalue weighted by Crippen LogP contribution is 2.22. The quantitative estimate of drug-likeness (QED) is 0.599. The minimum absolute atomic E-state index is 0.304. The summed E-state index contributed by atoms with van der Waals surface area (Å²) in [5.41, 5.74) is 2.70. The maximum absolute atomic E-state index is 12.0. The van der Waals surface area contributed by atoms with E-state index in [-0.39, 0.29) is 5.97 Å². The van der Waals surface area contributed by atoms with Crippen molar-refractivity contribution in [2.75, 3.05) is 14.2 Å². The largest absolute Gasteiger partial charge is 0.496 e. The lowest BCUT2D eigenvalue weighted by molar-refractivity contribution is -0.136. The molecule has 2 aromatic carbocycles. The average molecular weight is 296 g/mol. The Balaban J connectivity index is 2.22. The van der Waals surface area contributed by atoms with Gasteiger partial charge >= 0.3 is 5.97 Å². The third-order valence-electron chi connectivity index (χ3n) is 3.44. The molecule has 0 unspecified atom stereocenters. The van der Waals surface area contributed by atoms with Crippen LogP contribution in [0.4, 0.5) is 0 Å². The fourth-order valence-electron chi connectivity index (χ4n) is 2.26. The molecule has 0 fully saturated rings.